The lowest BCUT2D eigenvalue weighted by Gasteiger charge is -2.09. The molecule has 0 aromatic heterocycles. The number of hydrogen-bond donors (Lipinski definition) is 2. The van der Waals surface area contributed by atoms with Crippen LogP contribution < -0.4 is 10.5 Å². The van der Waals surface area contributed by atoms with E-state index in [-0.39, 0.29) is 21.6 Å². The maximum Gasteiger partial charge on any atom is 0.242 e. The summed E-state index contributed by atoms with van der Waals surface area (Å²) in [4.78, 5) is -0.141. The Kier molecular flexibility index (Phi) is 5.79. The molecule has 3 N–H and O–H groups in total. The molecule has 7 heteroatoms. The molecular formula is C12H14BrFN2O2S. The molecule has 0 spiro atoms. The van der Waals surface area contributed by atoms with Crippen molar-refractivity contribution in [1.29, 1.82) is 0 Å². The fourth-order valence-corrected chi connectivity index (χ4v) is 3.12. The van der Waals surface area contributed by atoms with Gasteiger partial charge >= 0.3 is 0 Å². The minimum Gasteiger partial charge on any atom is -0.398 e. The van der Waals surface area contributed by atoms with Crippen LogP contribution in [0.2, 0.25) is 0 Å². The van der Waals surface area contributed by atoms with Crippen molar-refractivity contribution in [2.45, 2.75) is 24.2 Å². The summed E-state index contributed by atoms with van der Waals surface area (Å²) >= 11 is 2.93. The largest absolute Gasteiger partial charge is 0.398 e. The van der Waals surface area contributed by atoms with Crippen LogP contribution in [0.5, 0.6) is 0 Å². The number of nitrogens with one attached hydrogen (secondary N) is 1. The maximum atomic E-state index is 13.2. The van der Waals surface area contributed by atoms with E-state index >= 15 is 0 Å². The van der Waals surface area contributed by atoms with Crippen molar-refractivity contribution in [3.8, 4) is 12.3 Å². The highest BCUT2D eigenvalue weighted by Crippen LogP contribution is 2.25. The van der Waals surface area contributed by atoms with Crippen molar-refractivity contribution in [1.82, 2.24) is 4.72 Å². The molecular weight excluding hydrogens is 335 g/mol. The van der Waals surface area contributed by atoms with Crippen LogP contribution in [0.4, 0.5) is 10.1 Å². The smallest absolute Gasteiger partial charge is 0.242 e. The predicted octanol–water partition coefficient (Wildman–Crippen LogP) is 2.25. The number of terminal acetylenes is 1. The minimum atomic E-state index is -3.74. The van der Waals surface area contributed by atoms with E-state index in [1.165, 1.54) is 0 Å². The summed E-state index contributed by atoms with van der Waals surface area (Å²) in [6.07, 6.45) is 7.06. The Hall–Kier alpha value is -1.10. The number of unbranched alkanes of at least 4 members (excludes halogenated alkanes) is 2. The fourth-order valence-electron chi connectivity index (χ4n) is 1.41. The topological polar surface area (TPSA) is 72.2 Å². The van der Waals surface area contributed by atoms with E-state index in [2.05, 4.69) is 26.6 Å². The van der Waals surface area contributed by atoms with Crippen LogP contribution in [0.25, 0.3) is 0 Å². The van der Waals surface area contributed by atoms with E-state index < -0.39 is 15.8 Å². The van der Waals surface area contributed by atoms with Crippen molar-refractivity contribution in [2.24, 2.45) is 0 Å². The first kappa shape index (κ1) is 16.0. The zero-order chi connectivity index (χ0) is 14.5. The highest BCUT2D eigenvalue weighted by Gasteiger charge is 2.19. The van der Waals surface area contributed by atoms with Gasteiger partial charge < -0.3 is 5.73 Å². The number of rotatable bonds is 6. The molecule has 0 saturated carbocycles. The van der Waals surface area contributed by atoms with E-state index in [4.69, 9.17) is 12.2 Å². The van der Waals surface area contributed by atoms with Gasteiger partial charge in [-0.2, -0.15) is 0 Å². The number of hydrogen-bond acceptors (Lipinski definition) is 3. The Labute approximate surface area is 120 Å². The Morgan fingerprint density at radius 2 is 2.11 bits per heavy atom. The number of sulfonamides is 1. The van der Waals surface area contributed by atoms with Gasteiger partial charge in [0, 0.05) is 13.0 Å². The first-order chi connectivity index (χ1) is 8.88. The fraction of sp³-hybridized carbons (Fsp3) is 0.333. The Balaban J connectivity index is 2.78. The normalized spacial score (nSPS) is 11.2. The number of nitrogen functional groups attached to an aromatic ring is 1. The third-order valence-electron chi connectivity index (χ3n) is 2.38. The van der Waals surface area contributed by atoms with Crippen molar-refractivity contribution in [2.75, 3.05) is 12.3 Å². The number of halogens is 2. The summed E-state index contributed by atoms with van der Waals surface area (Å²) in [6.45, 7) is 0.262. The van der Waals surface area contributed by atoms with Crippen molar-refractivity contribution < 1.29 is 12.8 Å². The second kappa shape index (κ2) is 6.89. The molecule has 1 aromatic rings. The predicted molar refractivity (Wildman–Crippen MR) is 76.4 cm³/mol. The van der Waals surface area contributed by atoms with Crippen LogP contribution >= 0.6 is 15.9 Å². The molecule has 0 fully saturated rings. The van der Waals surface area contributed by atoms with Gasteiger partial charge in [0.1, 0.15) is 10.7 Å². The third-order valence-corrected chi connectivity index (χ3v) is 4.51. The number of anilines is 1. The number of nitrogens with two attached hydrogens (primary N) is 1. The van der Waals surface area contributed by atoms with Gasteiger partial charge in [0.25, 0.3) is 0 Å². The van der Waals surface area contributed by atoms with Crippen molar-refractivity contribution >= 4 is 31.6 Å². The standard InChI is InChI=1S/C12H14BrFN2O2S/c1-2-3-4-5-6-16-19(17,18)12-7-9(13)10(14)8-11(12)15/h1,7-8,16H,3-6,15H2. The van der Waals surface area contributed by atoms with Gasteiger partial charge in [0.2, 0.25) is 10.0 Å². The first-order valence-corrected chi connectivity index (χ1v) is 7.83. The van der Waals surface area contributed by atoms with Crippen LogP contribution in [0.15, 0.2) is 21.5 Å². The van der Waals surface area contributed by atoms with Crippen molar-refractivity contribution in [3.63, 3.8) is 0 Å². The molecule has 0 heterocycles. The summed E-state index contributed by atoms with van der Waals surface area (Å²) in [6, 6.07) is 2.12. The quantitative estimate of drug-likeness (QED) is 0.470. The molecule has 0 aliphatic carbocycles. The van der Waals surface area contributed by atoms with Crippen LogP contribution in [-0.2, 0) is 10.0 Å². The monoisotopic (exact) mass is 348 g/mol. The molecule has 0 amide bonds. The molecule has 4 nitrogen and oxygen atoms in total. The highest BCUT2D eigenvalue weighted by atomic mass is 79.9. The molecule has 0 bridgehead atoms. The average molecular weight is 349 g/mol. The van der Waals surface area contributed by atoms with Gasteiger partial charge in [-0.3, -0.25) is 0 Å². The van der Waals surface area contributed by atoms with Gasteiger partial charge in [-0.25, -0.2) is 17.5 Å². The van der Waals surface area contributed by atoms with Gasteiger partial charge in [-0.05, 0) is 40.9 Å². The van der Waals surface area contributed by atoms with E-state index in [9.17, 15) is 12.8 Å². The lowest BCUT2D eigenvalue weighted by atomic mass is 10.2. The SMILES string of the molecule is C#CCCCCNS(=O)(=O)c1cc(Br)c(F)cc1N. The van der Waals surface area contributed by atoms with Gasteiger partial charge in [-0.1, -0.05) is 0 Å². The third kappa shape index (κ3) is 4.49. The molecule has 0 atom stereocenters. The van der Waals surface area contributed by atoms with Crippen molar-refractivity contribution in [3.05, 3.63) is 22.4 Å². The Morgan fingerprint density at radius 3 is 2.74 bits per heavy atom. The minimum absolute atomic E-state index is 0.0504. The van der Waals surface area contributed by atoms with Gasteiger partial charge in [0.15, 0.2) is 0 Å². The van der Waals surface area contributed by atoms with Gasteiger partial charge in [-0.15, -0.1) is 12.3 Å². The highest BCUT2D eigenvalue weighted by molar-refractivity contribution is 9.10. The lowest BCUT2D eigenvalue weighted by molar-refractivity contribution is 0.576. The summed E-state index contributed by atoms with van der Waals surface area (Å²) in [5.74, 6) is 1.87. The van der Waals surface area contributed by atoms with Crippen LogP contribution in [0.1, 0.15) is 19.3 Å². The van der Waals surface area contributed by atoms with E-state index in [0.717, 1.165) is 18.6 Å². The summed E-state index contributed by atoms with van der Waals surface area (Å²) < 4.78 is 39.6. The zero-order valence-electron chi connectivity index (χ0n) is 10.1. The lowest BCUT2D eigenvalue weighted by Crippen LogP contribution is -2.25. The van der Waals surface area contributed by atoms with E-state index in [1.54, 1.807) is 0 Å². The van der Waals surface area contributed by atoms with Crippen LogP contribution in [-0.4, -0.2) is 15.0 Å². The second-order valence-corrected chi connectivity index (χ2v) is 6.45. The summed E-state index contributed by atoms with van der Waals surface area (Å²) in [5.41, 5.74) is 5.39. The molecule has 0 aliphatic rings. The molecule has 0 radical (unpaired) electrons. The molecule has 19 heavy (non-hydrogen) atoms. The molecule has 104 valence electrons. The molecule has 0 aliphatic heterocycles. The van der Waals surface area contributed by atoms with Crippen LogP contribution in [0, 0.1) is 18.2 Å². The molecule has 1 aromatic carbocycles. The summed E-state index contributed by atoms with van der Waals surface area (Å²) in [5, 5.41) is 0. The maximum absolute atomic E-state index is 13.2. The molecule has 1 rings (SSSR count). The first-order valence-electron chi connectivity index (χ1n) is 5.56. The van der Waals surface area contributed by atoms with E-state index in [1.807, 2.05) is 0 Å². The molecule has 0 saturated heterocycles. The zero-order valence-corrected chi connectivity index (χ0v) is 12.5. The molecule has 0 unspecified atom stereocenters. The van der Waals surface area contributed by atoms with E-state index in [0.29, 0.717) is 12.8 Å². The van der Waals surface area contributed by atoms with Crippen LogP contribution in [0.3, 0.4) is 0 Å². The number of benzene rings is 1. The van der Waals surface area contributed by atoms with Gasteiger partial charge in [0.05, 0.1) is 10.2 Å². The Bertz CT molecular complexity index is 596. The average Bonchev–Trinajstić information content (AvgIpc) is 2.33. The second-order valence-electron chi connectivity index (χ2n) is 3.86. The Morgan fingerprint density at radius 1 is 1.42 bits per heavy atom. The summed E-state index contributed by atoms with van der Waals surface area (Å²) in [7, 11) is -3.74.